The lowest BCUT2D eigenvalue weighted by molar-refractivity contribution is -0.119. The van der Waals surface area contributed by atoms with Gasteiger partial charge in [0.2, 0.25) is 0 Å². The fourth-order valence-corrected chi connectivity index (χ4v) is 3.15. The van der Waals surface area contributed by atoms with Crippen molar-refractivity contribution in [2.45, 2.75) is 6.42 Å². The zero-order valence-corrected chi connectivity index (χ0v) is 13.7. The molecule has 1 aliphatic heterocycles. The van der Waals surface area contributed by atoms with Crippen molar-refractivity contribution in [3.8, 4) is 0 Å². The predicted octanol–water partition coefficient (Wildman–Crippen LogP) is 4.30. The van der Waals surface area contributed by atoms with Gasteiger partial charge >= 0.3 is 0 Å². The first-order chi connectivity index (χ1) is 12.3. The molecule has 1 aliphatic rings. The number of carbonyl (C=O) groups is 1. The van der Waals surface area contributed by atoms with Gasteiger partial charge in [-0.05, 0) is 29.7 Å². The van der Waals surface area contributed by atoms with Crippen molar-refractivity contribution in [1.29, 1.82) is 0 Å². The summed E-state index contributed by atoms with van der Waals surface area (Å²) in [4.78, 5) is 13.1. The number of para-hydroxylation sites is 1. The maximum absolute atomic E-state index is 13.1. The van der Waals surface area contributed by atoms with Gasteiger partial charge in [-0.1, -0.05) is 78.9 Å². The van der Waals surface area contributed by atoms with Crippen molar-refractivity contribution in [2.75, 3.05) is 5.01 Å². The third-order valence-electron chi connectivity index (χ3n) is 4.40. The Morgan fingerprint density at radius 2 is 1.32 bits per heavy atom. The molecule has 0 spiro atoms. The van der Waals surface area contributed by atoms with E-state index in [2.05, 4.69) is 17.2 Å². The van der Waals surface area contributed by atoms with E-state index in [9.17, 15) is 4.79 Å². The Kier molecular flexibility index (Phi) is 4.13. The maximum Gasteiger partial charge on any atom is 0.256 e. The molecule has 0 N–H and O–H groups in total. The van der Waals surface area contributed by atoms with Crippen LogP contribution in [0.15, 0.2) is 96.1 Å². The van der Waals surface area contributed by atoms with Gasteiger partial charge in [-0.15, -0.1) is 0 Å². The number of amides is 1. The van der Waals surface area contributed by atoms with Gasteiger partial charge in [0.1, 0.15) is 0 Å². The fourth-order valence-electron chi connectivity index (χ4n) is 3.15. The molecule has 0 aromatic heterocycles. The van der Waals surface area contributed by atoms with Gasteiger partial charge in [0.15, 0.2) is 0 Å². The molecule has 122 valence electrons. The van der Waals surface area contributed by atoms with Crippen LogP contribution >= 0.6 is 0 Å². The lowest BCUT2D eigenvalue weighted by atomic mass is 9.90. The van der Waals surface area contributed by atoms with Crippen LogP contribution in [0.4, 0.5) is 5.69 Å². The van der Waals surface area contributed by atoms with Gasteiger partial charge in [0.25, 0.3) is 5.91 Å². The highest BCUT2D eigenvalue weighted by Crippen LogP contribution is 2.28. The first-order valence-electron chi connectivity index (χ1n) is 8.40. The molecule has 1 heterocycles. The average Bonchev–Trinajstić information content (AvgIpc) is 3.01. The summed E-state index contributed by atoms with van der Waals surface area (Å²) in [6, 6.07) is 29.7. The van der Waals surface area contributed by atoms with E-state index in [0.29, 0.717) is 6.42 Å². The average molecular weight is 326 g/mol. The highest BCUT2D eigenvalue weighted by molar-refractivity contribution is 6.21. The Morgan fingerprint density at radius 1 is 0.760 bits per heavy atom. The van der Waals surface area contributed by atoms with Crippen LogP contribution in [-0.2, 0) is 11.2 Å². The third-order valence-corrected chi connectivity index (χ3v) is 4.40. The molecule has 0 bridgehead atoms. The van der Waals surface area contributed by atoms with Crippen molar-refractivity contribution in [1.82, 2.24) is 0 Å². The Balaban J connectivity index is 1.73. The van der Waals surface area contributed by atoms with Gasteiger partial charge in [0, 0.05) is 0 Å². The largest absolute Gasteiger partial charge is 0.272 e. The number of nitrogens with zero attached hydrogens (tertiary/aromatic N) is 2. The SMILES string of the molecule is O=C1C(Cc2ccccc2)C(c2ccccc2)=NN1c1ccccc1. The Hall–Kier alpha value is -3.20. The predicted molar refractivity (Wildman–Crippen MR) is 101 cm³/mol. The zero-order valence-electron chi connectivity index (χ0n) is 13.7. The zero-order chi connectivity index (χ0) is 17.1. The van der Waals surface area contributed by atoms with E-state index in [1.807, 2.05) is 78.9 Å². The minimum atomic E-state index is -0.273. The number of hydrogen-bond donors (Lipinski definition) is 0. The molecule has 1 atom stereocenters. The topological polar surface area (TPSA) is 32.7 Å². The molecular weight excluding hydrogens is 308 g/mol. The van der Waals surface area contributed by atoms with E-state index in [0.717, 1.165) is 22.5 Å². The van der Waals surface area contributed by atoms with Crippen LogP contribution in [0.5, 0.6) is 0 Å². The lowest BCUT2D eigenvalue weighted by Crippen LogP contribution is -2.29. The van der Waals surface area contributed by atoms with Gasteiger partial charge < -0.3 is 0 Å². The molecule has 0 aliphatic carbocycles. The van der Waals surface area contributed by atoms with Crippen LogP contribution < -0.4 is 5.01 Å². The van der Waals surface area contributed by atoms with Crippen molar-refractivity contribution in [3.05, 3.63) is 102 Å². The maximum atomic E-state index is 13.1. The molecule has 25 heavy (non-hydrogen) atoms. The fraction of sp³-hybridized carbons (Fsp3) is 0.0909. The van der Waals surface area contributed by atoms with Crippen LogP contribution in [-0.4, -0.2) is 11.6 Å². The lowest BCUT2D eigenvalue weighted by Gasteiger charge is -2.14. The van der Waals surface area contributed by atoms with Crippen LogP contribution in [0.3, 0.4) is 0 Å². The highest BCUT2D eigenvalue weighted by atomic mass is 16.2. The summed E-state index contributed by atoms with van der Waals surface area (Å²) in [5.41, 5.74) is 3.77. The Bertz CT molecular complexity index is 889. The Morgan fingerprint density at radius 3 is 1.96 bits per heavy atom. The molecule has 3 aromatic rings. The van der Waals surface area contributed by atoms with Gasteiger partial charge in [-0.25, -0.2) is 0 Å². The van der Waals surface area contributed by atoms with E-state index in [1.54, 1.807) is 0 Å². The van der Waals surface area contributed by atoms with Crippen molar-refractivity contribution >= 4 is 17.3 Å². The molecule has 0 fully saturated rings. The van der Waals surface area contributed by atoms with Crippen molar-refractivity contribution in [3.63, 3.8) is 0 Å². The number of anilines is 1. The second kappa shape index (κ2) is 6.73. The van der Waals surface area contributed by atoms with Crippen LogP contribution in [0.2, 0.25) is 0 Å². The van der Waals surface area contributed by atoms with E-state index in [-0.39, 0.29) is 11.8 Å². The number of rotatable bonds is 4. The van der Waals surface area contributed by atoms with Gasteiger partial charge in [-0.3, -0.25) is 4.79 Å². The second-order valence-corrected chi connectivity index (χ2v) is 6.08. The molecule has 3 aromatic carbocycles. The normalized spacial score (nSPS) is 16.8. The minimum absolute atomic E-state index is 0.0221. The smallest absolute Gasteiger partial charge is 0.256 e. The van der Waals surface area contributed by atoms with Gasteiger partial charge in [0.05, 0.1) is 17.3 Å². The molecule has 0 saturated carbocycles. The molecule has 0 radical (unpaired) electrons. The van der Waals surface area contributed by atoms with Crippen LogP contribution in [0.1, 0.15) is 11.1 Å². The summed E-state index contributed by atoms with van der Waals surface area (Å²) in [6.45, 7) is 0. The number of hydrazone groups is 1. The van der Waals surface area contributed by atoms with Crippen molar-refractivity contribution < 1.29 is 4.79 Å². The van der Waals surface area contributed by atoms with Crippen molar-refractivity contribution in [2.24, 2.45) is 11.0 Å². The standard InChI is InChI=1S/C22H18N2O/c25-22-20(16-17-10-4-1-5-11-17)21(18-12-6-2-7-13-18)23-24(22)19-14-8-3-9-15-19/h1-15,20H,16H2. The first kappa shape index (κ1) is 15.3. The molecule has 3 nitrogen and oxygen atoms in total. The first-order valence-corrected chi connectivity index (χ1v) is 8.40. The molecule has 0 saturated heterocycles. The quantitative estimate of drug-likeness (QED) is 0.704. The molecule has 4 rings (SSSR count). The Labute approximate surface area is 147 Å². The van der Waals surface area contributed by atoms with Gasteiger partial charge in [-0.2, -0.15) is 10.1 Å². The molecule has 1 amide bonds. The summed E-state index contributed by atoms with van der Waals surface area (Å²) in [5, 5.41) is 6.23. The minimum Gasteiger partial charge on any atom is -0.272 e. The van der Waals surface area contributed by atoms with E-state index in [1.165, 1.54) is 5.01 Å². The third kappa shape index (κ3) is 3.09. The number of hydrogen-bond acceptors (Lipinski definition) is 2. The van der Waals surface area contributed by atoms with Crippen LogP contribution in [0.25, 0.3) is 0 Å². The summed E-state index contributed by atoms with van der Waals surface area (Å²) < 4.78 is 0. The summed E-state index contributed by atoms with van der Waals surface area (Å²) >= 11 is 0. The van der Waals surface area contributed by atoms with E-state index in [4.69, 9.17) is 0 Å². The summed E-state index contributed by atoms with van der Waals surface area (Å²) in [7, 11) is 0. The molecule has 3 heteroatoms. The number of benzene rings is 3. The van der Waals surface area contributed by atoms with E-state index < -0.39 is 0 Å². The highest BCUT2D eigenvalue weighted by Gasteiger charge is 2.37. The van der Waals surface area contributed by atoms with Crippen LogP contribution in [0, 0.1) is 5.92 Å². The summed E-state index contributed by atoms with van der Waals surface area (Å²) in [6.07, 6.45) is 0.650. The molecular formula is C22H18N2O. The van der Waals surface area contributed by atoms with E-state index >= 15 is 0 Å². The monoisotopic (exact) mass is 326 g/mol. The molecule has 1 unspecified atom stereocenters. The summed E-state index contributed by atoms with van der Waals surface area (Å²) in [5.74, 6) is -0.251. The number of carbonyl (C=O) groups excluding carboxylic acids is 1. The second-order valence-electron chi connectivity index (χ2n) is 6.08.